The van der Waals surface area contributed by atoms with Crippen molar-refractivity contribution >= 4 is 11.0 Å². The molecule has 0 spiro atoms. The Balaban J connectivity index is 1.74. The average molecular weight is 309 g/mol. The van der Waals surface area contributed by atoms with Gasteiger partial charge in [-0.3, -0.25) is 4.79 Å². The monoisotopic (exact) mass is 309 g/mol. The van der Waals surface area contributed by atoms with Gasteiger partial charge in [0.05, 0.1) is 12.2 Å². The molecule has 0 saturated carbocycles. The van der Waals surface area contributed by atoms with Crippen molar-refractivity contribution in [3.8, 4) is 0 Å². The van der Waals surface area contributed by atoms with Gasteiger partial charge in [0.1, 0.15) is 11.2 Å². The molecule has 1 N–H and O–H groups in total. The van der Waals surface area contributed by atoms with Gasteiger partial charge in [-0.05, 0) is 19.0 Å². The second kappa shape index (κ2) is 5.62. The Morgan fingerprint density at radius 2 is 2.13 bits per heavy atom. The third-order valence-corrected chi connectivity index (χ3v) is 4.44. The van der Waals surface area contributed by atoms with Crippen LogP contribution in [0.2, 0.25) is 0 Å². The first-order valence-electron chi connectivity index (χ1n) is 7.89. The molecule has 1 atom stereocenters. The Labute approximate surface area is 133 Å². The van der Waals surface area contributed by atoms with Crippen LogP contribution >= 0.6 is 0 Å². The first-order chi connectivity index (χ1) is 11.2. The highest BCUT2D eigenvalue weighted by Crippen LogP contribution is 2.22. The van der Waals surface area contributed by atoms with Crippen molar-refractivity contribution in [2.24, 2.45) is 0 Å². The van der Waals surface area contributed by atoms with Crippen LogP contribution in [0.1, 0.15) is 23.9 Å². The highest BCUT2D eigenvalue weighted by atomic mass is 16.1. The minimum atomic E-state index is -0.112. The number of nitrogens with one attached hydrogen (secondary N) is 1. The first-order valence-corrected chi connectivity index (χ1v) is 7.89. The highest BCUT2D eigenvalue weighted by Gasteiger charge is 2.24. The third-order valence-electron chi connectivity index (χ3n) is 4.44. The maximum absolute atomic E-state index is 12.3. The number of H-pyrrole nitrogens is 1. The highest BCUT2D eigenvalue weighted by molar-refractivity contribution is 5.73. The molecule has 3 heterocycles. The summed E-state index contributed by atoms with van der Waals surface area (Å²) >= 11 is 0. The molecule has 23 heavy (non-hydrogen) atoms. The zero-order valence-corrected chi connectivity index (χ0v) is 13.1. The fourth-order valence-electron chi connectivity index (χ4n) is 3.23. The van der Waals surface area contributed by atoms with Crippen molar-refractivity contribution < 1.29 is 0 Å². The summed E-state index contributed by atoms with van der Waals surface area (Å²) in [5.41, 5.74) is 1.71. The van der Waals surface area contributed by atoms with Crippen LogP contribution in [-0.2, 0) is 6.42 Å². The largest absolute Gasteiger partial charge is 0.310 e. The van der Waals surface area contributed by atoms with Gasteiger partial charge in [-0.25, -0.2) is 9.67 Å². The predicted molar refractivity (Wildman–Crippen MR) is 88.5 cm³/mol. The second-order valence-electron chi connectivity index (χ2n) is 6.21. The van der Waals surface area contributed by atoms with Gasteiger partial charge in [0, 0.05) is 19.5 Å². The fraction of sp³-hybridized carbons (Fsp3) is 0.353. The Bertz CT molecular complexity index is 883. The minimum Gasteiger partial charge on any atom is -0.310 e. The van der Waals surface area contributed by atoms with E-state index in [4.69, 9.17) is 0 Å². The van der Waals surface area contributed by atoms with Crippen molar-refractivity contribution in [3.05, 3.63) is 58.3 Å². The van der Waals surface area contributed by atoms with Gasteiger partial charge in [-0.2, -0.15) is 5.10 Å². The Morgan fingerprint density at radius 1 is 1.30 bits per heavy atom. The Hall–Kier alpha value is -2.47. The number of nitrogens with zero attached hydrogens (tertiary/aromatic N) is 4. The van der Waals surface area contributed by atoms with E-state index in [1.54, 1.807) is 6.20 Å². The van der Waals surface area contributed by atoms with Crippen molar-refractivity contribution in [3.63, 3.8) is 0 Å². The van der Waals surface area contributed by atoms with Crippen molar-refractivity contribution in [2.75, 3.05) is 20.1 Å². The van der Waals surface area contributed by atoms with Crippen LogP contribution in [0, 0.1) is 0 Å². The van der Waals surface area contributed by atoms with E-state index in [9.17, 15) is 4.79 Å². The lowest BCUT2D eigenvalue weighted by atomic mass is 10.1. The SMILES string of the molecule is CN1CCC(n2ncc3c(=O)[nH]c(Cc4ccccc4)nc32)C1. The molecule has 1 saturated heterocycles. The molecule has 1 aliphatic rings. The summed E-state index contributed by atoms with van der Waals surface area (Å²) in [6.07, 6.45) is 3.28. The summed E-state index contributed by atoms with van der Waals surface area (Å²) < 4.78 is 1.92. The van der Waals surface area contributed by atoms with Gasteiger partial charge in [-0.15, -0.1) is 0 Å². The Morgan fingerprint density at radius 3 is 2.87 bits per heavy atom. The summed E-state index contributed by atoms with van der Waals surface area (Å²) in [5.74, 6) is 0.682. The third kappa shape index (κ3) is 2.66. The molecule has 0 aliphatic carbocycles. The molecule has 1 unspecified atom stereocenters. The van der Waals surface area contributed by atoms with Gasteiger partial charge in [0.2, 0.25) is 0 Å². The number of benzene rings is 1. The lowest BCUT2D eigenvalue weighted by molar-refractivity contribution is 0.385. The van der Waals surface area contributed by atoms with E-state index in [0.717, 1.165) is 25.1 Å². The number of aromatic amines is 1. The lowest BCUT2D eigenvalue weighted by Crippen LogP contribution is -2.18. The maximum Gasteiger partial charge on any atom is 0.262 e. The minimum absolute atomic E-state index is 0.112. The molecule has 1 fully saturated rings. The number of hydrogen-bond donors (Lipinski definition) is 1. The molecule has 0 amide bonds. The van der Waals surface area contributed by atoms with E-state index < -0.39 is 0 Å². The van der Waals surface area contributed by atoms with Crippen LogP contribution in [0.5, 0.6) is 0 Å². The smallest absolute Gasteiger partial charge is 0.262 e. The molecule has 4 rings (SSSR count). The van der Waals surface area contributed by atoms with Gasteiger partial charge >= 0.3 is 0 Å². The summed E-state index contributed by atoms with van der Waals surface area (Å²) in [5, 5.41) is 4.99. The topological polar surface area (TPSA) is 66.8 Å². The summed E-state index contributed by atoms with van der Waals surface area (Å²) in [6.45, 7) is 1.99. The van der Waals surface area contributed by atoms with Crippen LogP contribution in [0.4, 0.5) is 0 Å². The predicted octanol–water partition coefficient (Wildman–Crippen LogP) is 1.59. The maximum atomic E-state index is 12.3. The number of likely N-dealkylation sites (N-methyl/N-ethyl adjacent to an activating group) is 1. The number of fused-ring (bicyclic) bond motifs is 1. The summed E-state index contributed by atoms with van der Waals surface area (Å²) in [7, 11) is 2.10. The zero-order valence-electron chi connectivity index (χ0n) is 13.1. The fourth-order valence-corrected chi connectivity index (χ4v) is 3.23. The molecule has 1 aliphatic heterocycles. The van der Waals surface area contributed by atoms with E-state index in [-0.39, 0.29) is 11.6 Å². The van der Waals surface area contributed by atoms with Crippen LogP contribution in [0.3, 0.4) is 0 Å². The molecule has 6 nitrogen and oxygen atoms in total. The van der Waals surface area contributed by atoms with Gasteiger partial charge in [0.25, 0.3) is 5.56 Å². The summed E-state index contributed by atoms with van der Waals surface area (Å²) in [4.78, 5) is 22.2. The van der Waals surface area contributed by atoms with Gasteiger partial charge in [0.15, 0.2) is 5.65 Å². The van der Waals surface area contributed by atoms with Crippen molar-refractivity contribution in [1.82, 2.24) is 24.6 Å². The van der Waals surface area contributed by atoms with Crippen LogP contribution in [0.25, 0.3) is 11.0 Å². The van der Waals surface area contributed by atoms with E-state index in [1.807, 2.05) is 35.0 Å². The molecule has 6 heteroatoms. The molecule has 0 bridgehead atoms. The van der Waals surface area contributed by atoms with Gasteiger partial charge < -0.3 is 9.88 Å². The first kappa shape index (κ1) is 14.1. The van der Waals surface area contributed by atoms with E-state index >= 15 is 0 Å². The zero-order chi connectivity index (χ0) is 15.8. The van der Waals surface area contributed by atoms with E-state index in [1.165, 1.54) is 0 Å². The van der Waals surface area contributed by atoms with Crippen LogP contribution < -0.4 is 5.56 Å². The molecule has 2 aromatic heterocycles. The second-order valence-corrected chi connectivity index (χ2v) is 6.21. The van der Waals surface area contributed by atoms with E-state index in [2.05, 4.69) is 27.0 Å². The molecule has 3 aromatic rings. The van der Waals surface area contributed by atoms with Crippen molar-refractivity contribution in [2.45, 2.75) is 18.9 Å². The molecule has 118 valence electrons. The number of hydrogen-bond acceptors (Lipinski definition) is 4. The molecular formula is C17H19N5O. The Kier molecular flexibility index (Phi) is 3.46. The van der Waals surface area contributed by atoms with Gasteiger partial charge in [-0.1, -0.05) is 30.3 Å². The normalized spacial score (nSPS) is 18.7. The van der Waals surface area contributed by atoms with Crippen LogP contribution in [0.15, 0.2) is 41.3 Å². The number of rotatable bonds is 3. The van der Waals surface area contributed by atoms with Crippen LogP contribution in [-0.4, -0.2) is 44.8 Å². The lowest BCUT2D eigenvalue weighted by Gasteiger charge is -2.12. The van der Waals surface area contributed by atoms with E-state index in [0.29, 0.717) is 23.3 Å². The molecular weight excluding hydrogens is 290 g/mol. The standard InChI is InChI=1S/C17H19N5O/c1-21-8-7-13(11-21)22-16-14(10-18-22)17(23)20-15(19-16)9-12-5-3-2-4-6-12/h2-6,10,13H,7-9,11H2,1H3,(H,19,20,23). The van der Waals surface area contributed by atoms with Crippen molar-refractivity contribution in [1.29, 1.82) is 0 Å². The summed E-state index contributed by atoms with van der Waals surface area (Å²) in [6, 6.07) is 10.3. The average Bonchev–Trinajstić information content (AvgIpc) is 3.14. The molecule has 1 aromatic carbocycles. The quantitative estimate of drug-likeness (QED) is 0.798. The number of likely N-dealkylation sites (tertiary alicyclic amines) is 1. The molecule has 0 radical (unpaired) electrons. The number of aromatic nitrogens is 4.